The molecular formula is C23H34O7S. The molecule has 174 valence electrons. The van der Waals surface area contributed by atoms with Crippen LogP contribution in [0.5, 0.6) is 0 Å². The van der Waals surface area contributed by atoms with Crippen LogP contribution < -0.4 is 0 Å². The lowest BCUT2D eigenvalue weighted by atomic mass is 9.42. The maximum atomic E-state index is 13.1. The Bertz CT molecular complexity index is 862. The number of ether oxygens (including phenoxy) is 2. The second-order valence-corrected chi connectivity index (χ2v) is 13.7. The zero-order valence-electron chi connectivity index (χ0n) is 18.9. The molecule has 1 aromatic rings. The van der Waals surface area contributed by atoms with Crippen LogP contribution in [-0.4, -0.2) is 52.1 Å². The summed E-state index contributed by atoms with van der Waals surface area (Å²) in [6.07, 6.45) is 9.01. The lowest BCUT2D eigenvalue weighted by Crippen LogP contribution is -2.71. The molecule has 1 aliphatic heterocycles. The van der Waals surface area contributed by atoms with E-state index in [2.05, 4.69) is 6.92 Å². The third-order valence-corrected chi connectivity index (χ3v) is 10.6. The minimum absolute atomic E-state index is 0.108. The highest BCUT2D eigenvalue weighted by Gasteiger charge is 2.72. The van der Waals surface area contributed by atoms with Crippen LogP contribution in [0, 0.1) is 22.7 Å². The maximum absolute atomic E-state index is 13.1. The van der Waals surface area contributed by atoms with Gasteiger partial charge in [-0.25, -0.2) is 4.79 Å². The average molecular weight is 455 g/mol. The van der Waals surface area contributed by atoms with Gasteiger partial charge in [-0.05, 0) is 62.0 Å². The van der Waals surface area contributed by atoms with Crippen LogP contribution in [0.15, 0.2) is 23.0 Å². The lowest BCUT2D eigenvalue weighted by Gasteiger charge is -2.66. The number of carbonyl (C=O) groups excluding carboxylic acids is 2. The predicted octanol–water partition coefficient (Wildman–Crippen LogP) is 3.91. The minimum Gasteiger partial charge on any atom is -0.472 e. The molecule has 31 heavy (non-hydrogen) atoms. The van der Waals surface area contributed by atoms with Crippen molar-refractivity contribution >= 4 is 22.2 Å². The molecule has 2 heterocycles. The summed E-state index contributed by atoms with van der Waals surface area (Å²) in [5.41, 5.74) is -2.30. The monoisotopic (exact) mass is 454 g/mol. The Morgan fingerprint density at radius 3 is 2.55 bits per heavy atom. The first-order chi connectivity index (χ1) is 14.4. The number of methoxy groups -OCH3 is 1. The van der Waals surface area contributed by atoms with E-state index in [0.29, 0.717) is 25.7 Å². The first kappa shape index (κ1) is 22.7. The van der Waals surface area contributed by atoms with Crippen LogP contribution in [0.3, 0.4) is 0 Å². The van der Waals surface area contributed by atoms with Gasteiger partial charge in [0.05, 0.1) is 25.6 Å². The highest BCUT2D eigenvalue weighted by atomic mass is 32.3. The zero-order chi connectivity index (χ0) is 22.8. The Kier molecular flexibility index (Phi) is 5.30. The van der Waals surface area contributed by atoms with Gasteiger partial charge in [-0.1, -0.05) is 13.8 Å². The van der Waals surface area contributed by atoms with Crippen molar-refractivity contribution in [2.24, 2.45) is 22.7 Å². The fourth-order valence-electron chi connectivity index (χ4n) is 7.12. The molecule has 7 atom stereocenters. The third kappa shape index (κ3) is 3.09. The minimum atomic E-state index is -2.24. The molecule has 1 aromatic heterocycles. The summed E-state index contributed by atoms with van der Waals surface area (Å²) in [4.78, 5) is 26.2. The first-order valence-corrected chi connectivity index (χ1v) is 13.3. The van der Waals surface area contributed by atoms with Crippen LogP contribution in [-0.2, 0) is 19.1 Å². The SMILES string of the molecule is COC(=O)[C@@]1(O)[C@@H](S(C)(C)O)CC[C@H]2[C@]3(C)C[C@@H](c4ccoc4)OC(=O)[C@@H]3CC[C@]21C. The van der Waals surface area contributed by atoms with E-state index in [-0.39, 0.29) is 17.8 Å². The zero-order valence-corrected chi connectivity index (χ0v) is 19.7. The van der Waals surface area contributed by atoms with E-state index in [0.717, 1.165) is 12.0 Å². The first-order valence-electron chi connectivity index (χ1n) is 10.9. The molecule has 0 radical (unpaired) electrons. The highest BCUT2D eigenvalue weighted by Crippen LogP contribution is 2.70. The van der Waals surface area contributed by atoms with Crippen LogP contribution in [0.1, 0.15) is 57.6 Å². The largest absolute Gasteiger partial charge is 0.472 e. The normalized spacial score (nSPS) is 43.4. The van der Waals surface area contributed by atoms with E-state index in [9.17, 15) is 19.2 Å². The average Bonchev–Trinajstić information content (AvgIpc) is 3.22. The van der Waals surface area contributed by atoms with Gasteiger partial charge in [-0.3, -0.25) is 4.79 Å². The number of hydrogen-bond donors (Lipinski definition) is 2. The van der Waals surface area contributed by atoms with Gasteiger partial charge in [-0.15, -0.1) is 10.3 Å². The fraction of sp³-hybridized carbons (Fsp3) is 0.739. The summed E-state index contributed by atoms with van der Waals surface area (Å²) in [6, 6.07) is 1.81. The highest BCUT2D eigenvalue weighted by molar-refractivity contribution is 8.28. The molecule has 8 heteroatoms. The summed E-state index contributed by atoms with van der Waals surface area (Å²) in [7, 11) is -0.956. The van der Waals surface area contributed by atoms with Crippen LogP contribution in [0.2, 0.25) is 0 Å². The Morgan fingerprint density at radius 1 is 1.26 bits per heavy atom. The number of furan rings is 1. The van der Waals surface area contributed by atoms with Crippen molar-refractivity contribution in [3.8, 4) is 0 Å². The summed E-state index contributed by atoms with van der Waals surface area (Å²) >= 11 is 0. The topological polar surface area (TPSA) is 106 Å². The van der Waals surface area contributed by atoms with Crippen molar-refractivity contribution in [2.75, 3.05) is 19.6 Å². The summed E-state index contributed by atoms with van der Waals surface area (Å²) in [5, 5.41) is 11.5. The van der Waals surface area contributed by atoms with Crippen LogP contribution >= 0.6 is 10.3 Å². The number of rotatable bonds is 3. The number of carbonyl (C=O) groups is 2. The Labute approximate surface area is 185 Å². The molecule has 0 amide bonds. The quantitative estimate of drug-likeness (QED) is 0.667. The number of cyclic esters (lactones) is 1. The van der Waals surface area contributed by atoms with Crippen LogP contribution in [0.4, 0.5) is 0 Å². The number of aliphatic hydroxyl groups is 1. The van der Waals surface area contributed by atoms with E-state index >= 15 is 0 Å². The molecule has 0 aromatic carbocycles. The molecule has 2 aliphatic carbocycles. The summed E-state index contributed by atoms with van der Waals surface area (Å²) in [6.45, 7) is 4.04. The Hall–Kier alpha value is -1.51. The molecule has 4 rings (SSSR count). The van der Waals surface area contributed by atoms with Crippen LogP contribution in [0.25, 0.3) is 0 Å². The Morgan fingerprint density at radius 2 is 1.97 bits per heavy atom. The predicted molar refractivity (Wildman–Crippen MR) is 117 cm³/mol. The van der Waals surface area contributed by atoms with E-state index < -0.39 is 44.1 Å². The van der Waals surface area contributed by atoms with Crippen molar-refractivity contribution in [3.63, 3.8) is 0 Å². The van der Waals surface area contributed by atoms with Gasteiger partial charge in [0, 0.05) is 16.2 Å². The van der Waals surface area contributed by atoms with Gasteiger partial charge in [0.2, 0.25) is 0 Å². The molecule has 3 aliphatic rings. The van der Waals surface area contributed by atoms with Crippen molar-refractivity contribution in [2.45, 2.75) is 62.9 Å². The summed E-state index contributed by atoms with van der Waals surface area (Å²) < 4.78 is 27.1. The van der Waals surface area contributed by atoms with E-state index in [4.69, 9.17) is 13.9 Å². The molecule has 0 unspecified atom stereocenters. The van der Waals surface area contributed by atoms with E-state index in [1.165, 1.54) is 7.11 Å². The smallest absolute Gasteiger partial charge is 0.339 e. The second-order valence-electron chi connectivity index (χ2n) is 10.4. The number of hydrogen-bond acceptors (Lipinski definition) is 7. The molecule has 1 saturated heterocycles. The maximum Gasteiger partial charge on any atom is 0.339 e. The summed E-state index contributed by atoms with van der Waals surface area (Å²) in [5.74, 6) is -1.31. The lowest BCUT2D eigenvalue weighted by molar-refractivity contribution is -0.234. The van der Waals surface area contributed by atoms with Gasteiger partial charge < -0.3 is 23.6 Å². The molecule has 0 spiro atoms. The van der Waals surface area contributed by atoms with Gasteiger partial charge in [0.1, 0.15) is 6.10 Å². The molecule has 2 N–H and O–H groups in total. The second kappa shape index (κ2) is 7.25. The fourth-order valence-corrected chi connectivity index (χ4v) is 9.04. The van der Waals surface area contributed by atoms with E-state index in [1.807, 2.05) is 13.0 Å². The van der Waals surface area contributed by atoms with Crippen molar-refractivity contribution in [1.82, 2.24) is 0 Å². The molecule has 2 saturated carbocycles. The van der Waals surface area contributed by atoms with Gasteiger partial charge in [0.15, 0.2) is 5.60 Å². The third-order valence-electron chi connectivity index (χ3n) is 8.64. The van der Waals surface area contributed by atoms with Gasteiger partial charge in [-0.2, -0.15) is 0 Å². The van der Waals surface area contributed by atoms with Crippen molar-refractivity contribution < 1.29 is 33.1 Å². The van der Waals surface area contributed by atoms with Crippen molar-refractivity contribution in [3.05, 3.63) is 24.2 Å². The van der Waals surface area contributed by atoms with Crippen molar-refractivity contribution in [1.29, 1.82) is 0 Å². The van der Waals surface area contributed by atoms with E-state index in [1.54, 1.807) is 25.0 Å². The molecule has 7 nitrogen and oxygen atoms in total. The number of esters is 2. The molecule has 3 fully saturated rings. The standard InChI is InChI=1S/C23H34O7S/c1-21-12-16(14-9-11-29-13-14)30-19(24)15(21)8-10-22(2)17(21)6-7-18(31(4,5)27)23(22,26)20(25)28-3/h9,11,13,15-18,26-27H,6-8,10,12H2,1-5H3/t15-,16-,17-,18-,21+,22+,23-/m0/s1. The van der Waals surface area contributed by atoms with Gasteiger partial charge >= 0.3 is 11.9 Å². The van der Waals surface area contributed by atoms with Gasteiger partial charge in [0.25, 0.3) is 0 Å². The molecule has 0 bridgehead atoms. The number of fused-ring (bicyclic) bond motifs is 3. The Balaban J connectivity index is 1.80. The molecular weight excluding hydrogens is 420 g/mol.